The lowest BCUT2D eigenvalue weighted by Crippen LogP contribution is -2.46. The summed E-state index contributed by atoms with van der Waals surface area (Å²) in [6.07, 6.45) is 5.30. The number of nitrogens with one attached hydrogen (secondary N) is 2. The van der Waals surface area contributed by atoms with Gasteiger partial charge in [-0.3, -0.25) is 0 Å². The number of anilines is 2. The molecule has 3 rings (SSSR count). The van der Waals surface area contributed by atoms with Crippen LogP contribution in [0.25, 0.3) is 0 Å². The number of nitrogens with zero attached hydrogens (tertiary/aromatic N) is 1. The van der Waals surface area contributed by atoms with Crippen LogP contribution in [0.1, 0.15) is 66.7 Å². The Kier molecular flexibility index (Phi) is 7.39. The predicted octanol–water partition coefficient (Wildman–Crippen LogP) is 4.86. The van der Waals surface area contributed by atoms with Gasteiger partial charge in [-0.05, 0) is 94.9 Å². The first-order valence-electron chi connectivity index (χ1n) is 11.6. The summed E-state index contributed by atoms with van der Waals surface area (Å²) in [6, 6.07) is 8.96. The fourth-order valence-electron chi connectivity index (χ4n) is 4.81. The second kappa shape index (κ2) is 9.47. The van der Waals surface area contributed by atoms with Gasteiger partial charge in [0, 0.05) is 37.1 Å². The van der Waals surface area contributed by atoms with Crippen LogP contribution < -0.4 is 14.9 Å². The molecule has 0 unspecified atom stereocenters. The average Bonchev–Trinajstić information content (AvgIpc) is 2.66. The highest BCUT2D eigenvalue weighted by molar-refractivity contribution is 7.90. The zero-order valence-electron chi connectivity index (χ0n) is 19.4. The number of hydrogen-bond donors (Lipinski definition) is 2. The van der Waals surface area contributed by atoms with Crippen molar-refractivity contribution in [2.24, 2.45) is 17.8 Å². The standard InChI is InChI=1S/C24H41N3O2S/c1-18-14-19(2)17-27(16-18)23-12-10-21(11-13-23)25-15-20-6-8-22(9-7-20)26-30(28,29)24(3,4)5/h10-13,18-20,22,25-26H,6-9,14-17H2,1-5H3/t18-,19+,20?,22?. The topological polar surface area (TPSA) is 61.4 Å². The number of hydrogen-bond acceptors (Lipinski definition) is 4. The van der Waals surface area contributed by atoms with Gasteiger partial charge in [-0.15, -0.1) is 0 Å². The molecule has 0 aromatic heterocycles. The summed E-state index contributed by atoms with van der Waals surface area (Å²) < 4.78 is 26.9. The van der Waals surface area contributed by atoms with E-state index in [0.29, 0.717) is 5.92 Å². The van der Waals surface area contributed by atoms with E-state index < -0.39 is 14.8 Å². The molecule has 1 aromatic rings. The molecule has 1 heterocycles. The average molecular weight is 436 g/mol. The number of sulfonamides is 1. The smallest absolute Gasteiger partial charge is 0.216 e. The fraction of sp³-hybridized carbons (Fsp3) is 0.750. The first kappa shape index (κ1) is 23.4. The Hall–Kier alpha value is -1.27. The van der Waals surface area contributed by atoms with Crippen molar-refractivity contribution in [2.45, 2.75) is 77.5 Å². The van der Waals surface area contributed by atoms with Crippen LogP contribution in [0.15, 0.2) is 24.3 Å². The van der Waals surface area contributed by atoms with Gasteiger partial charge in [0.25, 0.3) is 0 Å². The molecule has 1 aliphatic carbocycles. The van der Waals surface area contributed by atoms with E-state index in [9.17, 15) is 8.42 Å². The van der Waals surface area contributed by atoms with Gasteiger partial charge in [0.1, 0.15) is 0 Å². The van der Waals surface area contributed by atoms with E-state index in [4.69, 9.17) is 0 Å². The van der Waals surface area contributed by atoms with Crippen molar-refractivity contribution >= 4 is 21.4 Å². The predicted molar refractivity (Wildman–Crippen MR) is 128 cm³/mol. The van der Waals surface area contributed by atoms with E-state index in [1.54, 1.807) is 20.8 Å². The van der Waals surface area contributed by atoms with E-state index in [1.165, 1.54) is 17.8 Å². The zero-order valence-corrected chi connectivity index (χ0v) is 20.3. The first-order chi connectivity index (χ1) is 14.0. The molecular formula is C24H41N3O2S. The normalized spacial score (nSPS) is 28.4. The lowest BCUT2D eigenvalue weighted by atomic mass is 9.86. The lowest BCUT2D eigenvalue weighted by molar-refractivity contribution is 0.322. The zero-order chi connectivity index (χ0) is 21.9. The van der Waals surface area contributed by atoms with Gasteiger partial charge in [-0.2, -0.15) is 0 Å². The molecule has 2 N–H and O–H groups in total. The molecule has 0 amide bonds. The summed E-state index contributed by atoms with van der Waals surface area (Å²) in [5.41, 5.74) is 2.50. The molecule has 1 aromatic carbocycles. The van der Waals surface area contributed by atoms with E-state index >= 15 is 0 Å². The third-order valence-corrected chi connectivity index (χ3v) is 8.93. The molecular weight excluding hydrogens is 394 g/mol. The maximum atomic E-state index is 12.4. The van der Waals surface area contributed by atoms with E-state index in [-0.39, 0.29) is 6.04 Å². The lowest BCUT2D eigenvalue weighted by Gasteiger charge is -2.36. The van der Waals surface area contributed by atoms with Crippen molar-refractivity contribution in [3.8, 4) is 0 Å². The highest BCUT2D eigenvalue weighted by atomic mass is 32.2. The Morgan fingerprint density at radius 1 is 0.967 bits per heavy atom. The SMILES string of the molecule is C[C@@H]1C[C@H](C)CN(c2ccc(NCC3CCC(NS(=O)(=O)C(C)(C)C)CC3)cc2)C1. The van der Waals surface area contributed by atoms with Gasteiger partial charge in [-0.25, -0.2) is 13.1 Å². The summed E-state index contributed by atoms with van der Waals surface area (Å²) in [5.74, 6) is 2.12. The minimum absolute atomic E-state index is 0.0825. The maximum Gasteiger partial charge on any atom is 0.216 e. The molecule has 0 radical (unpaired) electrons. The molecule has 170 valence electrons. The Morgan fingerprint density at radius 3 is 2.07 bits per heavy atom. The van der Waals surface area contributed by atoms with Gasteiger partial charge in [0.2, 0.25) is 10.0 Å². The Bertz CT molecular complexity index is 768. The second-order valence-corrected chi connectivity index (χ2v) is 13.2. The summed E-state index contributed by atoms with van der Waals surface area (Å²) >= 11 is 0. The van der Waals surface area contributed by atoms with Crippen LogP contribution in [0.2, 0.25) is 0 Å². The molecule has 1 aliphatic heterocycles. The Morgan fingerprint density at radius 2 is 1.53 bits per heavy atom. The monoisotopic (exact) mass is 435 g/mol. The number of benzene rings is 1. The van der Waals surface area contributed by atoms with Crippen molar-refractivity contribution in [1.29, 1.82) is 0 Å². The molecule has 6 heteroatoms. The van der Waals surface area contributed by atoms with Gasteiger partial charge in [0.05, 0.1) is 4.75 Å². The van der Waals surface area contributed by atoms with Crippen LogP contribution in [0, 0.1) is 17.8 Å². The van der Waals surface area contributed by atoms with E-state index in [0.717, 1.165) is 57.2 Å². The van der Waals surface area contributed by atoms with Crippen LogP contribution in [-0.4, -0.2) is 38.8 Å². The molecule has 2 atom stereocenters. The molecule has 1 saturated carbocycles. The second-order valence-electron chi connectivity index (χ2n) is 10.7. The summed E-state index contributed by atoms with van der Waals surface area (Å²) in [7, 11) is -3.26. The largest absolute Gasteiger partial charge is 0.385 e. The van der Waals surface area contributed by atoms with Crippen LogP contribution in [0.4, 0.5) is 11.4 Å². The summed E-state index contributed by atoms with van der Waals surface area (Å²) in [6.45, 7) is 13.2. The highest BCUT2D eigenvalue weighted by Crippen LogP contribution is 2.29. The van der Waals surface area contributed by atoms with Crippen molar-refractivity contribution < 1.29 is 8.42 Å². The quantitative estimate of drug-likeness (QED) is 0.670. The first-order valence-corrected chi connectivity index (χ1v) is 13.1. The van der Waals surface area contributed by atoms with Crippen LogP contribution in [-0.2, 0) is 10.0 Å². The van der Waals surface area contributed by atoms with Crippen LogP contribution in [0.3, 0.4) is 0 Å². The van der Waals surface area contributed by atoms with Crippen molar-refractivity contribution in [3.63, 3.8) is 0 Å². The van der Waals surface area contributed by atoms with Crippen LogP contribution >= 0.6 is 0 Å². The molecule has 1 saturated heterocycles. The number of rotatable bonds is 6. The molecule has 2 fully saturated rings. The van der Waals surface area contributed by atoms with Gasteiger partial charge < -0.3 is 10.2 Å². The number of piperidine rings is 1. The third-order valence-electron chi connectivity index (χ3n) is 6.67. The van der Waals surface area contributed by atoms with Crippen molar-refractivity contribution in [2.75, 3.05) is 29.9 Å². The van der Waals surface area contributed by atoms with Crippen molar-refractivity contribution in [3.05, 3.63) is 24.3 Å². The highest BCUT2D eigenvalue weighted by Gasteiger charge is 2.32. The van der Waals surface area contributed by atoms with Gasteiger partial charge in [-0.1, -0.05) is 13.8 Å². The molecule has 30 heavy (non-hydrogen) atoms. The van der Waals surface area contributed by atoms with Crippen molar-refractivity contribution in [1.82, 2.24) is 4.72 Å². The Labute approximate surface area is 184 Å². The van der Waals surface area contributed by atoms with E-state index in [1.807, 2.05) is 0 Å². The molecule has 2 aliphatic rings. The fourth-order valence-corrected chi connectivity index (χ4v) is 5.83. The third kappa shape index (κ3) is 6.13. The minimum Gasteiger partial charge on any atom is -0.385 e. The summed E-state index contributed by atoms with van der Waals surface area (Å²) in [4.78, 5) is 2.52. The van der Waals surface area contributed by atoms with E-state index in [2.05, 4.69) is 53.1 Å². The van der Waals surface area contributed by atoms with Crippen LogP contribution in [0.5, 0.6) is 0 Å². The molecule has 0 spiro atoms. The van der Waals surface area contributed by atoms with Gasteiger partial charge in [0.15, 0.2) is 0 Å². The molecule has 5 nitrogen and oxygen atoms in total. The molecule has 0 bridgehead atoms. The Balaban J connectivity index is 1.44. The van der Waals surface area contributed by atoms with Gasteiger partial charge >= 0.3 is 0 Å². The summed E-state index contributed by atoms with van der Waals surface area (Å²) in [5, 5.41) is 3.59. The minimum atomic E-state index is -3.26. The maximum absolute atomic E-state index is 12.4.